The third-order valence-corrected chi connectivity index (χ3v) is 5.29. The summed E-state index contributed by atoms with van der Waals surface area (Å²) < 4.78 is 15.3. The number of fused-ring (bicyclic) bond motifs is 1. The second-order valence-corrected chi connectivity index (χ2v) is 7.52. The number of carbonyl (C=O) groups excluding carboxylic acids is 1. The number of nitriles is 1. The summed E-state index contributed by atoms with van der Waals surface area (Å²) in [6.45, 7) is 1.01. The van der Waals surface area contributed by atoms with Gasteiger partial charge in [0.05, 0.1) is 0 Å². The average Bonchev–Trinajstić information content (AvgIpc) is 3.16. The predicted molar refractivity (Wildman–Crippen MR) is 124 cm³/mol. The molecule has 3 aromatic carbocycles. The smallest absolute Gasteiger partial charge is 0.261 e. The number of nitrogens with zero attached hydrogens (tertiary/aromatic N) is 2. The fourth-order valence-corrected chi connectivity index (χ4v) is 3.67. The number of aromatic nitrogens is 1. The Morgan fingerprint density at radius 1 is 0.969 bits per heavy atom. The zero-order chi connectivity index (χ0) is 22.3. The number of para-hydroxylation sites is 1. The number of benzene rings is 3. The molecule has 0 aliphatic carbocycles. The van der Waals surface area contributed by atoms with E-state index in [9.17, 15) is 14.4 Å². The first-order valence-electron chi connectivity index (χ1n) is 10.4. The molecular formula is C27H22FN3O. The van der Waals surface area contributed by atoms with E-state index in [2.05, 4.69) is 5.32 Å². The third-order valence-electron chi connectivity index (χ3n) is 5.29. The monoisotopic (exact) mass is 423 g/mol. The Hall–Kier alpha value is -4.17. The van der Waals surface area contributed by atoms with Crippen LogP contribution in [0.25, 0.3) is 17.0 Å². The standard InChI is InChI=1S/C27H22FN3O/c28-24-12-10-21(11-13-24)18-31-19-23(25-8-4-5-9-26(25)31)16-22(17-29)27(32)30-15-14-20-6-2-1-3-7-20/h1-13,16,19H,14-15,18H2,(H,30,32)/b22-16+. The van der Waals surface area contributed by atoms with Crippen LogP contribution >= 0.6 is 0 Å². The first-order chi connectivity index (χ1) is 15.6. The van der Waals surface area contributed by atoms with E-state index < -0.39 is 5.91 Å². The Kier molecular flexibility index (Phi) is 6.43. The maximum atomic E-state index is 13.2. The molecule has 4 rings (SSSR count). The largest absolute Gasteiger partial charge is 0.351 e. The highest BCUT2D eigenvalue weighted by molar-refractivity contribution is 6.04. The van der Waals surface area contributed by atoms with Crippen molar-refractivity contribution in [3.63, 3.8) is 0 Å². The molecule has 0 saturated heterocycles. The van der Waals surface area contributed by atoms with Crippen LogP contribution in [0.3, 0.4) is 0 Å². The Labute approximate surface area is 186 Å². The Bertz CT molecular complexity index is 1300. The SMILES string of the molecule is N#C/C(=C\c1cn(Cc2ccc(F)cc2)c2ccccc12)C(=O)NCCc1ccccc1. The fraction of sp³-hybridized carbons (Fsp3) is 0.111. The predicted octanol–water partition coefficient (Wildman–Crippen LogP) is 5.09. The van der Waals surface area contributed by atoms with E-state index in [1.54, 1.807) is 18.2 Å². The molecule has 1 aromatic heterocycles. The topological polar surface area (TPSA) is 57.8 Å². The molecule has 1 heterocycles. The normalized spacial score (nSPS) is 11.3. The van der Waals surface area contributed by atoms with Crippen molar-refractivity contribution >= 4 is 22.9 Å². The van der Waals surface area contributed by atoms with Crippen molar-refractivity contribution in [2.24, 2.45) is 0 Å². The van der Waals surface area contributed by atoms with E-state index in [4.69, 9.17) is 0 Å². The van der Waals surface area contributed by atoms with E-state index in [0.717, 1.165) is 27.6 Å². The van der Waals surface area contributed by atoms with Crippen LogP contribution in [-0.4, -0.2) is 17.0 Å². The van der Waals surface area contributed by atoms with Gasteiger partial charge in [0.2, 0.25) is 0 Å². The summed E-state index contributed by atoms with van der Waals surface area (Å²) in [6.07, 6.45) is 4.24. The molecule has 5 heteroatoms. The van der Waals surface area contributed by atoms with Crippen LogP contribution in [0.15, 0.2) is 90.6 Å². The zero-order valence-corrected chi connectivity index (χ0v) is 17.5. The number of carbonyl (C=O) groups is 1. The van der Waals surface area contributed by atoms with Gasteiger partial charge < -0.3 is 9.88 Å². The van der Waals surface area contributed by atoms with Crippen molar-refractivity contribution in [3.8, 4) is 6.07 Å². The van der Waals surface area contributed by atoms with Gasteiger partial charge in [-0.3, -0.25) is 4.79 Å². The summed E-state index contributed by atoms with van der Waals surface area (Å²) in [7, 11) is 0. The Morgan fingerprint density at radius 3 is 2.44 bits per heavy atom. The quantitative estimate of drug-likeness (QED) is 0.332. The second-order valence-electron chi connectivity index (χ2n) is 7.52. The number of nitrogens with one attached hydrogen (secondary N) is 1. The van der Waals surface area contributed by atoms with Gasteiger partial charge in [-0.1, -0.05) is 60.7 Å². The lowest BCUT2D eigenvalue weighted by atomic mass is 10.1. The Balaban J connectivity index is 1.55. The molecular weight excluding hydrogens is 401 g/mol. The van der Waals surface area contributed by atoms with Gasteiger partial charge in [0.15, 0.2) is 0 Å². The maximum absolute atomic E-state index is 13.2. The van der Waals surface area contributed by atoms with Crippen molar-refractivity contribution in [3.05, 3.63) is 113 Å². The van der Waals surface area contributed by atoms with Crippen LogP contribution in [0.1, 0.15) is 16.7 Å². The summed E-state index contributed by atoms with van der Waals surface area (Å²) in [5.41, 5.74) is 3.91. The van der Waals surface area contributed by atoms with Crippen LogP contribution in [0.5, 0.6) is 0 Å². The van der Waals surface area contributed by atoms with E-state index in [-0.39, 0.29) is 11.4 Å². The molecule has 158 valence electrons. The van der Waals surface area contributed by atoms with Gasteiger partial charge in [-0.2, -0.15) is 5.26 Å². The van der Waals surface area contributed by atoms with Gasteiger partial charge >= 0.3 is 0 Å². The Morgan fingerprint density at radius 2 is 1.69 bits per heavy atom. The van der Waals surface area contributed by atoms with Crippen LogP contribution < -0.4 is 5.32 Å². The summed E-state index contributed by atoms with van der Waals surface area (Å²) in [5.74, 6) is -0.662. The number of rotatable bonds is 7. The fourth-order valence-electron chi connectivity index (χ4n) is 3.67. The van der Waals surface area contributed by atoms with Crippen molar-refractivity contribution in [1.82, 2.24) is 9.88 Å². The molecule has 0 atom stereocenters. The molecule has 32 heavy (non-hydrogen) atoms. The van der Waals surface area contributed by atoms with Crippen LogP contribution in [0.2, 0.25) is 0 Å². The minimum Gasteiger partial charge on any atom is -0.351 e. The van der Waals surface area contributed by atoms with Crippen LogP contribution in [-0.2, 0) is 17.8 Å². The van der Waals surface area contributed by atoms with Crippen LogP contribution in [0.4, 0.5) is 4.39 Å². The third kappa shape index (κ3) is 4.93. The highest BCUT2D eigenvalue weighted by Crippen LogP contribution is 2.24. The summed E-state index contributed by atoms with van der Waals surface area (Å²) in [6, 6.07) is 26.1. The lowest BCUT2D eigenvalue weighted by Crippen LogP contribution is -2.26. The summed E-state index contributed by atoms with van der Waals surface area (Å²) in [4.78, 5) is 12.6. The highest BCUT2D eigenvalue weighted by Gasteiger charge is 2.12. The molecule has 0 saturated carbocycles. The molecule has 0 bridgehead atoms. The molecule has 0 radical (unpaired) electrons. The molecule has 4 nitrogen and oxygen atoms in total. The lowest BCUT2D eigenvalue weighted by molar-refractivity contribution is -0.117. The minimum absolute atomic E-state index is 0.0581. The highest BCUT2D eigenvalue weighted by atomic mass is 19.1. The molecule has 1 amide bonds. The lowest BCUT2D eigenvalue weighted by Gasteiger charge is -2.05. The number of hydrogen-bond donors (Lipinski definition) is 1. The van der Waals surface area contributed by atoms with Gasteiger partial charge in [-0.15, -0.1) is 0 Å². The first-order valence-corrected chi connectivity index (χ1v) is 10.4. The van der Waals surface area contributed by atoms with E-state index >= 15 is 0 Å². The summed E-state index contributed by atoms with van der Waals surface area (Å²) >= 11 is 0. The molecule has 0 unspecified atom stereocenters. The number of hydrogen-bond acceptors (Lipinski definition) is 2. The van der Waals surface area contributed by atoms with Gasteiger partial charge in [-0.05, 0) is 41.8 Å². The van der Waals surface area contributed by atoms with Gasteiger partial charge in [0, 0.05) is 35.8 Å². The first kappa shape index (κ1) is 21.1. The van der Waals surface area contributed by atoms with Crippen molar-refractivity contribution in [2.45, 2.75) is 13.0 Å². The van der Waals surface area contributed by atoms with Crippen LogP contribution in [0, 0.1) is 17.1 Å². The molecule has 4 aromatic rings. The molecule has 0 spiro atoms. The minimum atomic E-state index is -0.390. The molecule has 0 aliphatic heterocycles. The molecule has 1 N–H and O–H groups in total. The van der Waals surface area contributed by atoms with Crippen molar-refractivity contribution in [2.75, 3.05) is 6.54 Å². The van der Waals surface area contributed by atoms with E-state index in [1.165, 1.54) is 12.1 Å². The van der Waals surface area contributed by atoms with Crippen molar-refractivity contribution in [1.29, 1.82) is 5.26 Å². The zero-order valence-electron chi connectivity index (χ0n) is 17.5. The summed E-state index contributed by atoms with van der Waals surface area (Å²) in [5, 5.41) is 13.4. The number of halogens is 1. The average molecular weight is 423 g/mol. The van der Waals surface area contributed by atoms with Gasteiger partial charge in [0.25, 0.3) is 5.91 Å². The van der Waals surface area contributed by atoms with Crippen molar-refractivity contribution < 1.29 is 9.18 Å². The molecule has 0 fully saturated rings. The van der Waals surface area contributed by atoms with E-state index in [1.807, 2.05) is 71.4 Å². The number of amides is 1. The van der Waals surface area contributed by atoms with Gasteiger partial charge in [0.1, 0.15) is 17.5 Å². The maximum Gasteiger partial charge on any atom is 0.261 e. The second kappa shape index (κ2) is 9.76. The van der Waals surface area contributed by atoms with Gasteiger partial charge in [-0.25, -0.2) is 4.39 Å². The van der Waals surface area contributed by atoms with E-state index in [0.29, 0.717) is 19.5 Å². The molecule has 0 aliphatic rings.